The van der Waals surface area contributed by atoms with Crippen molar-refractivity contribution in [3.8, 4) is 6.57 Å². The summed E-state index contributed by atoms with van der Waals surface area (Å²) >= 11 is 0. The zero-order valence-electron chi connectivity index (χ0n) is 7.75. The predicted octanol–water partition coefficient (Wildman–Crippen LogP) is 2.95. The van der Waals surface area contributed by atoms with Crippen molar-refractivity contribution in [3.05, 3.63) is 35.4 Å². The third-order valence-electron chi connectivity index (χ3n) is 1.81. The lowest BCUT2D eigenvalue weighted by Gasteiger charge is -1.98. The molecule has 64 valence electrons. The van der Waals surface area contributed by atoms with Crippen molar-refractivity contribution in [1.82, 2.24) is 0 Å². The van der Waals surface area contributed by atoms with E-state index in [1.165, 1.54) is 11.1 Å². The van der Waals surface area contributed by atoms with Crippen molar-refractivity contribution in [2.24, 2.45) is 0 Å². The lowest BCUT2D eigenvalue weighted by Crippen LogP contribution is -1.83. The monoisotopic (exact) mass is 161 g/mol. The lowest BCUT2D eigenvalue weighted by atomic mass is 10.1. The molecule has 1 heteroatoms. The summed E-state index contributed by atoms with van der Waals surface area (Å²) in [6, 6.07) is 8.77. The van der Waals surface area contributed by atoms with Gasteiger partial charge >= 0.3 is 0 Å². The fourth-order valence-electron chi connectivity index (χ4n) is 1.07. The van der Waals surface area contributed by atoms with Crippen molar-refractivity contribution >= 4 is 0 Å². The molecule has 0 aromatic heterocycles. The minimum absolute atomic E-state index is 1.15. The topological polar surface area (TPSA) is 23.8 Å². The van der Waals surface area contributed by atoms with Crippen LogP contribution in [0.15, 0.2) is 24.3 Å². The standard InChI is InChI=1S/C10H14.CHN/c1-3-9-6-5-7-10(4-2)8-9;1-2/h5-8H,3-4H2,1-2H3;1H. The predicted molar refractivity (Wildman–Crippen MR) is 51.9 cm³/mol. The van der Waals surface area contributed by atoms with E-state index in [0.717, 1.165) is 12.8 Å². The Bertz CT molecular complexity index is 219. The van der Waals surface area contributed by atoms with Crippen molar-refractivity contribution in [3.63, 3.8) is 0 Å². The SMILES string of the molecule is C#N.CCc1cccc(CC)c1. The maximum atomic E-state index is 6.50. The molecular weight excluding hydrogens is 146 g/mol. The first-order valence-electron chi connectivity index (χ1n) is 4.20. The number of hydrogen-bond donors (Lipinski definition) is 0. The Morgan fingerprint density at radius 3 is 1.83 bits per heavy atom. The first-order chi connectivity index (χ1) is 5.86. The van der Waals surface area contributed by atoms with Crippen LogP contribution in [0, 0.1) is 11.8 Å². The lowest BCUT2D eigenvalue weighted by molar-refractivity contribution is 1.09. The van der Waals surface area contributed by atoms with Gasteiger partial charge in [-0.3, -0.25) is 0 Å². The van der Waals surface area contributed by atoms with E-state index in [-0.39, 0.29) is 0 Å². The van der Waals surface area contributed by atoms with Gasteiger partial charge in [-0.2, -0.15) is 0 Å². The second kappa shape index (κ2) is 6.42. The molecule has 1 rings (SSSR count). The van der Waals surface area contributed by atoms with Crippen LogP contribution in [0.25, 0.3) is 0 Å². The second-order valence-electron chi connectivity index (χ2n) is 2.53. The van der Waals surface area contributed by atoms with Crippen LogP contribution < -0.4 is 0 Å². The van der Waals surface area contributed by atoms with Gasteiger partial charge in [-0.25, -0.2) is 5.26 Å². The third-order valence-corrected chi connectivity index (χ3v) is 1.81. The van der Waals surface area contributed by atoms with Crippen LogP contribution in [0.3, 0.4) is 0 Å². The van der Waals surface area contributed by atoms with E-state index in [1.807, 2.05) is 0 Å². The Morgan fingerprint density at radius 2 is 1.50 bits per heavy atom. The quantitative estimate of drug-likeness (QED) is 0.654. The summed E-state index contributed by atoms with van der Waals surface area (Å²) in [5, 5.41) is 6.50. The smallest absolute Gasteiger partial charge is 0.0462 e. The van der Waals surface area contributed by atoms with E-state index in [2.05, 4.69) is 44.7 Å². The Balaban J connectivity index is 0.000000561. The van der Waals surface area contributed by atoms with Crippen LogP contribution in [0.5, 0.6) is 0 Å². The van der Waals surface area contributed by atoms with Crippen LogP contribution in [-0.4, -0.2) is 0 Å². The molecule has 0 saturated heterocycles. The number of hydrogen-bond acceptors (Lipinski definition) is 1. The largest absolute Gasteiger partial charge is 0.202 e. The Hall–Kier alpha value is -1.29. The van der Waals surface area contributed by atoms with Gasteiger partial charge in [0, 0.05) is 6.57 Å². The van der Waals surface area contributed by atoms with Gasteiger partial charge < -0.3 is 0 Å². The van der Waals surface area contributed by atoms with Crippen molar-refractivity contribution in [2.45, 2.75) is 26.7 Å². The van der Waals surface area contributed by atoms with E-state index >= 15 is 0 Å². The molecule has 0 N–H and O–H groups in total. The van der Waals surface area contributed by atoms with Crippen molar-refractivity contribution in [1.29, 1.82) is 5.26 Å². The average Bonchev–Trinajstić information content (AvgIpc) is 2.21. The van der Waals surface area contributed by atoms with Gasteiger partial charge in [0.05, 0.1) is 0 Å². The summed E-state index contributed by atoms with van der Waals surface area (Å²) in [7, 11) is 0. The molecule has 0 saturated carbocycles. The molecule has 1 nitrogen and oxygen atoms in total. The molecule has 1 aromatic carbocycles. The molecule has 0 unspecified atom stereocenters. The molecule has 0 aliphatic rings. The van der Waals surface area contributed by atoms with Crippen LogP contribution in [0.4, 0.5) is 0 Å². The molecule has 0 fully saturated rings. The molecule has 0 amide bonds. The summed E-state index contributed by atoms with van der Waals surface area (Å²) in [5.41, 5.74) is 2.89. The van der Waals surface area contributed by atoms with Gasteiger partial charge in [-0.05, 0) is 24.0 Å². The normalized spacial score (nSPS) is 8.33. The van der Waals surface area contributed by atoms with E-state index < -0.39 is 0 Å². The average molecular weight is 161 g/mol. The molecule has 0 bridgehead atoms. The highest BCUT2D eigenvalue weighted by atomic mass is 14.2. The van der Waals surface area contributed by atoms with Crippen LogP contribution in [0.1, 0.15) is 25.0 Å². The number of benzene rings is 1. The molecule has 12 heavy (non-hydrogen) atoms. The van der Waals surface area contributed by atoms with Gasteiger partial charge in [0.1, 0.15) is 0 Å². The Morgan fingerprint density at radius 1 is 1.08 bits per heavy atom. The summed E-state index contributed by atoms with van der Waals surface area (Å²) in [4.78, 5) is 0. The van der Waals surface area contributed by atoms with Gasteiger partial charge in [-0.15, -0.1) is 0 Å². The first kappa shape index (κ1) is 10.7. The van der Waals surface area contributed by atoms with E-state index in [9.17, 15) is 0 Å². The van der Waals surface area contributed by atoms with Crippen molar-refractivity contribution in [2.75, 3.05) is 0 Å². The highest BCUT2D eigenvalue weighted by Crippen LogP contribution is 2.05. The fraction of sp³-hybridized carbons (Fsp3) is 0.364. The minimum atomic E-state index is 1.15. The van der Waals surface area contributed by atoms with Crippen LogP contribution in [0.2, 0.25) is 0 Å². The molecule has 0 aliphatic heterocycles. The van der Waals surface area contributed by atoms with Crippen LogP contribution in [-0.2, 0) is 12.8 Å². The van der Waals surface area contributed by atoms with Gasteiger partial charge in [-0.1, -0.05) is 38.1 Å². The summed E-state index contributed by atoms with van der Waals surface area (Å²) in [5.74, 6) is 0. The maximum Gasteiger partial charge on any atom is 0.0462 e. The molecule has 0 aliphatic carbocycles. The summed E-state index contributed by atoms with van der Waals surface area (Å²) < 4.78 is 0. The molecule has 0 radical (unpaired) electrons. The number of rotatable bonds is 2. The third kappa shape index (κ3) is 3.21. The van der Waals surface area contributed by atoms with Gasteiger partial charge in [0.25, 0.3) is 0 Å². The molecule has 0 spiro atoms. The maximum absolute atomic E-state index is 6.50. The summed E-state index contributed by atoms with van der Waals surface area (Å²) in [6.45, 7) is 7.88. The van der Waals surface area contributed by atoms with Gasteiger partial charge in [0.2, 0.25) is 0 Å². The van der Waals surface area contributed by atoms with Crippen molar-refractivity contribution < 1.29 is 0 Å². The first-order valence-corrected chi connectivity index (χ1v) is 4.20. The fourth-order valence-corrected chi connectivity index (χ4v) is 1.07. The highest BCUT2D eigenvalue weighted by Gasteiger charge is 1.89. The highest BCUT2D eigenvalue weighted by molar-refractivity contribution is 5.23. The second-order valence-corrected chi connectivity index (χ2v) is 2.53. The number of nitriles is 1. The summed E-state index contributed by atoms with van der Waals surface area (Å²) in [6.07, 6.45) is 2.29. The molecule has 0 heterocycles. The van der Waals surface area contributed by atoms with Crippen LogP contribution >= 0.6 is 0 Å². The Labute approximate surface area is 74.7 Å². The molecule has 0 atom stereocenters. The zero-order valence-corrected chi connectivity index (χ0v) is 7.75. The van der Waals surface area contributed by atoms with Gasteiger partial charge in [0.15, 0.2) is 0 Å². The van der Waals surface area contributed by atoms with E-state index in [1.54, 1.807) is 0 Å². The van der Waals surface area contributed by atoms with E-state index in [4.69, 9.17) is 5.26 Å². The number of nitrogens with zero attached hydrogens (tertiary/aromatic N) is 1. The number of aryl methyl sites for hydroxylation is 2. The molecular formula is C11H15N. The minimum Gasteiger partial charge on any atom is -0.202 e. The Kier molecular flexibility index (Phi) is 5.73. The molecule has 1 aromatic rings. The zero-order chi connectivity index (χ0) is 9.40. The van der Waals surface area contributed by atoms with E-state index in [0.29, 0.717) is 0 Å².